The van der Waals surface area contributed by atoms with E-state index in [1.807, 2.05) is 6.92 Å². The zero-order valence-electron chi connectivity index (χ0n) is 11.7. The van der Waals surface area contributed by atoms with Gasteiger partial charge in [-0.05, 0) is 36.8 Å². The average Bonchev–Trinajstić information content (AvgIpc) is 2.65. The van der Waals surface area contributed by atoms with E-state index in [0.717, 1.165) is 11.6 Å². The number of phenolic OH excluding ortho intramolecular Hbond substituents is 1. The van der Waals surface area contributed by atoms with Gasteiger partial charge in [0.15, 0.2) is 0 Å². The van der Waals surface area contributed by atoms with Crippen LogP contribution in [0, 0.1) is 12.7 Å². The number of amides is 1. The van der Waals surface area contributed by atoms with E-state index in [4.69, 9.17) is 11.6 Å². The number of carbonyl (C=O) groups is 1. The lowest BCUT2D eigenvalue weighted by molar-refractivity contribution is -0.114. The predicted octanol–water partition coefficient (Wildman–Crippen LogP) is 3.28. The molecule has 0 saturated carbocycles. The van der Waals surface area contributed by atoms with E-state index in [1.165, 1.54) is 12.1 Å². The summed E-state index contributed by atoms with van der Waals surface area (Å²) in [7, 11) is 0. The fourth-order valence-corrected chi connectivity index (χ4v) is 2.60. The molecule has 3 rings (SSSR count). The number of aliphatic imine (C=N–C) groups is 1. The Morgan fingerprint density at radius 3 is 2.86 bits per heavy atom. The van der Waals surface area contributed by atoms with E-state index in [1.54, 1.807) is 12.1 Å². The molecule has 1 heterocycles. The van der Waals surface area contributed by atoms with E-state index in [-0.39, 0.29) is 29.5 Å². The number of aromatic hydroxyl groups is 1. The molecule has 0 bridgehead atoms. The highest BCUT2D eigenvalue weighted by Crippen LogP contribution is 2.33. The molecule has 1 amide bonds. The van der Waals surface area contributed by atoms with Crippen molar-refractivity contribution in [1.29, 1.82) is 0 Å². The highest BCUT2D eigenvalue weighted by molar-refractivity contribution is 6.37. The molecule has 0 aliphatic carbocycles. The first-order chi connectivity index (χ1) is 10.5. The predicted molar refractivity (Wildman–Crippen MR) is 83.4 cm³/mol. The van der Waals surface area contributed by atoms with Gasteiger partial charge in [-0.3, -0.25) is 9.79 Å². The van der Waals surface area contributed by atoms with Crippen molar-refractivity contribution in [3.63, 3.8) is 0 Å². The van der Waals surface area contributed by atoms with Gasteiger partial charge in [0, 0.05) is 11.1 Å². The second-order valence-corrected chi connectivity index (χ2v) is 5.37. The summed E-state index contributed by atoms with van der Waals surface area (Å²) < 4.78 is 14.2. The first kappa shape index (κ1) is 14.5. The summed E-state index contributed by atoms with van der Waals surface area (Å²) in [5, 5.41) is 12.7. The number of hydrogen-bond acceptors (Lipinski definition) is 3. The van der Waals surface area contributed by atoms with Crippen molar-refractivity contribution in [2.45, 2.75) is 6.92 Å². The number of nitrogens with zero attached hydrogens (tertiary/aromatic N) is 1. The molecule has 4 nitrogen and oxygen atoms in total. The summed E-state index contributed by atoms with van der Waals surface area (Å²) in [6, 6.07) is 7.14. The zero-order chi connectivity index (χ0) is 15.9. The number of benzene rings is 2. The van der Waals surface area contributed by atoms with Crippen LogP contribution in [-0.2, 0) is 4.79 Å². The quantitative estimate of drug-likeness (QED) is 0.847. The first-order valence-corrected chi connectivity index (χ1v) is 6.98. The molecule has 0 atom stereocenters. The summed E-state index contributed by atoms with van der Waals surface area (Å²) in [5.41, 5.74) is 2.06. The van der Waals surface area contributed by atoms with E-state index < -0.39 is 5.82 Å². The number of fused-ring (bicyclic) bond motifs is 1. The van der Waals surface area contributed by atoms with Crippen molar-refractivity contribution in [1.82, 2.24) is 0 Å². The maximum atomic E-state index is 14.2. The Kier molecular flexibility index (Phi) is 3.58. The van der Waals surface area contributed by atoms with E-state index in [0.29, 0.717) is 16.3 Å². The van der Waals surface area contributed by atoms with Crippen LogP contribution in [0.1, 0.15) is 16.7 Å². The molecule has 0 saturated heterocycles. The van der Waals surface area contributed by atoms with Crippen LogP contribution in [0.2, 0.25) is 5.02 Å². The Balaban J connectivity index is 2.31. The number of nitrogens with one attached hydrogen (secondary N) is 1. The van der Waals surface area contributed by atoms with Crippen LogP contribution < -0.4 is 5.32 Å². The SMILES string of the molecule is Cc1ccc2c(c1Cl)C(c1cc(O)ccc1F)=NCC(=O)N2. The van der Waals surface area contributed by atoms with Crippen LogP contribution in [0.3, 0.4) is 0 Å². The third-order valence-corrected chi connectivity index (χ3v) is 3.92. The zero-order valence-corrected chi connectivity index (χ0v) is 12.4. The van der Waals surface area contributed by atoms with Crippen LogP contribution in [0.4, 0.5) is 10.1 Å². The minimum Gasteiger partial charge on any atom is -0.508 e. The highest BCUT2D eigenvalue weighted by atomic mass is 35.5. The lowest BCUT2D eigenvalue weighted by Crippen LogP contribution is -2.13. The number of rotatable bonds is 1. The average molecular weight is 319 g/mol. The van der Waals surface area contributed by atoms with Crippen molar-refractivity contribution < 1.29 is 14.3 Å². The van der Waals surface area contributed by atoms with Crippen molar-refractivity contribution in [2.24, 2.45) is 4.99 Å². The summed E-state index contributed by atoms with van der Waals surface area (Å²) >= 11 is 6.35. The Hall–Kier alpha value is -2.40. The van der Waals surface area contributed by atoms with Crippen LogP contribution in [-0.4, -0.2) is 23.3 Å². The summed E-state index contributed by atoms with van der Waals surface area (Å²) in [5.74, 6) is -0.945. The minimum absolute atomic E-state index is 0.0899. The van der Waals surface area contributed by atoms with Gasteiger partial charge >= 0.3 is 0 Å². The van der Waals surface area contributed by atoms with Crippen molar-refractivity contribution in [2.75, 3.05) is 11.9 Å². The Bertz CT molecular complexity index is 818. The number of carbonyl (C=O) groups excluding carboxylic acids is 1. The molecule has 0 fully saturated rings. The fourth-order valence-electron chi connectivity index (χ4n) is 2.35. The standard InChI is InChI=1S/C16H12ClFN2O2/c1-8-2-5-12-14(15(8)17)16(19-7-13(22)20-12)10-6-9(21)3-4-11(10)18/h2-6,21H,7H2,1H3,(H,20,22). The smallest absolute Gasteiger partial charge is 0.246 e. The number of halogens is 2. The molecule has 0 unspecified atom stereocenters. The maximum Gasteiger partial charge on any atom is 0.246 e. The van der Waals surface area contributed by atoms with Crippen molar-refractivity contribution in [3.05, 3.63) is 57.9 Å². The van der Waals surface area contributed by atoms with Crippen LogP contribution in [0.5, 0.6) is 5.75 Å². The highest BCUT2D eigenvalue weighted by Gasteiger charge is 2.24. The molecule has 22 heavy (non-hydrogen) atoms. The van der Waals surface area contributed by atoms with Gasteiger partial charge in [-0.25, -0.2) is 4.39 Å². The molecule has 2 N–H and O–H groups in total. The molecule has 1 aliphatic rings. The topological polar surface area (TPSA) is 61.7 Å². The summed E-state index contributed by atoms with van der Waals surface area (Å²) in [6.07, 6.45) is 0. The second kappa shape index (κ2) is 5.42. The van der Waals surface area contributed by atoms with Crippen molar-refractivity contribution >= 4 is 28.9 Å². The molecule has 0 spiro atoms. The van der Waals surface area contributed by atoms with Gasteiger partial charge in [0.05, 0.1) is 16.4 Å². The monoisotopic (exact) mass is 318 g/mol. The van der Waals surface area contributed by atoms with E-state index in [9.17, 15) is 14.3 Å². The lowest BCUT2D eigenvalue weighted by Gasteiger charge is -2.14. The third kappa shape index (κ3) is 2.44. The Labute approximate surface area is 131 Å². The normalized spacial score (nSPS) is 14.0. The van der Waals surface area contributed by atoms with Crippen molar-refractivity contribution in [3.8, 4) is 5.75 Å². The van der Waals surface area contributed by atoms with Gasteiger partial charge in [-0.1, -0.05) is 17.7 Å². The number of aryl methyl sites for hydroxylation is 1. The number of hydrogen-bond donors (Lipinski definition) is 2. The van der Waals surface area contributed by atoms with Gasteiger partial charge in [0.1, 0.15) is 18.1 Å². The first-order valence-electron chi connectivity index (χ1n) is 6.60. The van der Waals surface area contributed by atoms with E-state index in [2.05, 4.69) is 10.3 Å². The molecule has 0 aromatic heterocycles. The minimum atomic E-state index is -0.547. The van der Waals surface area contributed by atoms with Gasteiger partial charge in [-0.2, -0.15) is 0 Å². The molecule has 2 aromatic carbocycles. The van der Waals surface area contributed by atoms with Crippen LogP contribution >= 0.6 is 11.6 Å². The second-order valence-electron chi connectivity index (χ2n) is 5.00. The van der Waals surface area contributed by atoms with Gasteiger partial charge in [0.25, 0.3) is 0 Å². The number of anilines is 1. The summed E-state index contributed by atoms with van der Waals surface area (Å²) in [6.45, 7) is 1.67. The largest absolute Gasteiger partial charge is 0.508 e. The van der Waals surface area contributed by atoms with Crippen LogP contribution in [0.15, 0.2) is 35.3 Å². The van der Waals surface area contributed by atoms with Crippen LogP contribution in [0.25, 0.3) is 0 Å². The van der Waals surface area contributed by atoms with Gasteiger partial charge in [0.2, 0.25) is 5.91 Å². The molecule has 6 heteroatoms. The molecule has 112 valence electrons. The molecule has 1 aliphatic heterocycles. The third-order valence-electron chi connectivity index (χ3n) is 3.43. The van der Waals surface area contributed by atoms with E-state index >= 15 is 0 Å². The Morgan fingerprint density at radius 2 is 2.09 bits per heavy atom. The lowest BCUT2D eigenvalue weighted by atomic mass is 9.98. The number of phenols is 1. The molecular formula is C16H12ClFN2O2. The Morgan fingerprint density at radius 1 is 1.32 bits per heavy atom. The molecule has 2 aromatic rings. The molecular weight excluding hydrogens is 307 g/mol. The summed E-state index contributed by atoms with van der Waals surface area (Å²) in [4.78, 5) is 16.0. The fraction of sp³-hybridized carbons (Fsp3) is 0.125. The number of benzodiazepines with no additional fused rings is 1. The maximum absolute atomic E-state index is 14.2. The van der Waals surface area contributed by atoms with Gasteiger partial charge < -0.3 is 10.4 Å². The van der Waals surface area contributed by atoms with Gasteiger partial charge in [-0.15, -0.1) is 0 Å². The molecule has 0 radical (unpaired) electrons.